The molecule has 0 spiro atoms. The number of hydrogen-bond acceptors (Lipinski definition) is 8. The van der Waals surface area contributed by atoms with Crippen LogP contribution in [0.2, 0.25) is 0 Å². The number of rotatable bonds is 4. The molecular weight excluding hydrogens is 511 g/mol. The molecule has 0 aliphatic carbocycles. The number of likely N-dealkylation sites (tertiary alicyclic amines) is 1. The summed E-state index contributed by atoms with van der Waals surface area (Å²) in [7, 11) is 0. The molecule has 0 unspecified atom stereocenters. The average molecular weight is 543 g/mol. The Kier molecular flexibility index (Phi) is 6.14. The van der Waals surface area contributed by atoms with Crippen LogP contribution in [-0.4, -0.2) is 75.2 Å². The number of ether oxygens (including phenoxy) is 1. The zero-order chi connectivity index (χ0) is 27.4. The monoisotopic (exact) mass is 542 g/mol. The number of carbonyl (C=O) groups is 1. The van der Waals surface area contributed by atoms with Crippen LogP contribution < -0.4 is 15.0 Å². The summed E-state index contributed by atoms with van der Waals surface area (Å²) >= 11 is 0. The highest BCUT2D eigenvalue weighted by atomic mass is 19.1. The summed E-state index contributed by atoms with van der Waals surface area (Å²) in [5.41, 5.74) is 0.754. The van der Waals surface area contributed by atoms with Crippen molar-refractivity contribution in [1.82, 2.24) is 25.2 Å². The SMILES string of the molecule is CC(=O)N1CCC(Oc2nc(N3C[C@H]4CC[C@@H](C3)N4)c3cnc(-c4cc(O)cc5ccccc45)c(F)c3n2)CC1. The minimum absolute atomic E-state index is 0.0376. The molecule has 2 bridgehead atoms. The minimum atomic E-state index is -0.578. The Balaban J connectivity index is 1.33. The smallest absolute Gasteiger partial charge is 0.319 e. The third-order valence-corrected chi connectivity index (χ3v) is 8.42. The number of anilines is 1. The lowest BCUT2D eigenvalue weighted by atomic mass is 10.00. The topological polar surface area (TPSA) is 104 Å². The molecule has 10 heteroatoms. The van der Waals surface area contributed by atoms with Gasteiger partial charge in [0.1, 0.15) is 28.9 Å². The Morgan fingerprint density at radius 3 is 2.55 bits per heavy atom. The van der Waals surface area contributed by atoms with E-state index in [9.17, 15) is 9.90 Å². The van der Waals surface area contributed by atoms with Gasteiger partial charge in [0.15, 0.2) is 5.82 Å². The number of nitrogens with one attached hydrogen (secondary N) is 1. The Morgan fingerprint density at radius 1 is 1.05 bits per heavy atom. The molecule has 3 saturated heterocycles. The predicted octanol–water partition coefficient (Wildman–Crippen LogP) is 4.02. The van der Waals surface area contributed by atoms with Gasteiger partial charge < -0.3 is 25.0 Å². The molecule has 2 atom stereocenters. The average Bonchev–Trinajstić information content (AvgIpc) is 3.30. The molecule has 9 nitrogen and oxygen atoms in total. The van der Waals surface area contributed by atoms with E-state index in [0.29, 0.717) is 54.8 Å². The van der Waals surface area contributed by atoms with Gasteiger partial charge in [-0.1, -0.05) is 24.3 Å². The van der Waals surface area contributed by atoms with Gasteiger partial charge in [-0.3, -0.25) is 9.78 Å². The zero-order valence-corrected chi connectivity index (χ0v) is 22.3. The molecule has 3 aliphatic heterocycles. The van der Waals surface area contributed by atoms with Crippen molar-refractivity contribution in [2.45, 2.75) is 50.8 Å². The molecule has 0 radical (unpaired) electrons. The highest BCUT2D eigenvalue weighted by Gasteiger charge is 2.34. The lowest BCUT2D eigenvalue weighted by Gasteiger charge is -2.34. The number of amides is 1. The molecule has 2 N–H and O–H groups in total. The Labute approximate surface area is 231 Å². The van der Waals surface area contributed by atoms with Crippen LogP contribution in [0, 0.1) is 5.82 Å². The van der Waals surface area contributed by atoms with E-state index in [1.165, 1.54) is 6.07 Å². The number of phenols is 1. The molecule has 2 aromatic heterocycles. The molecule has 0 saturated carbocycles. The number of piperazine rings is 1. The molecule has 3 aliphatic rings. The molecule has 4 aromatic rings. The fourth-order valence-corrected chi connectivity index (χ4v) is 6.40. The van der Waals surface area contributed by atoms with Gasteiger partial charge in [-0.25, -0.2) is 4.39 Å². The van der Waals surface area contributed by atoms with Crippen LogP contribution in [0.3, 0.4) is 0 Å². The maximum atomic E-state index is 16.5. The number of hydrogen-bond donors (Lipinski definition) is 2. The maximum Gasteiger partial charge on any atom is 0.319 e. The van der Waals surface area contributed by atoms with Gasteiger partial charge in [-0.15, -0.1) is 0 Å². The van der Waals surface area contributed by atoms with Crippen molar-refractivity contribution < 1.29 is 19.0 Å². The second kappa shape index (κ2) is 9.85. The van der Waals surface area contributed by atoms with Crippen molar-refractivity contribution in [2.75, 3.05) is 31.1 Å². The summed E-state index contributed by atoms with van der Waals surface area (Å²) in [4.78, 5) is 29.7. The van der Waals surface area contributed by atoms with Crippen LogP contribution in [0.1, 0.15) is 32.6 Å². The van der Waals surface area contributed by atoms with E-state index in [4.69, 9.17) is 9.72 Å². The summed E-state index contributed by atoms with van der Waals surface area (Å²) in [6.45, 7) is 4.31. The van der Waals surface area contributed by atoms with Gasteiger partial charge in [0.25, 0.3) is 0 Å². The second-order valence-electron chi connectivity index (χ2n) is 11.1. The van der Waals surface area contributed by atoms with Gasteiger partial charge in [-0.05, 0) is 35.7 Å². The Morgan fingerprint density at radius 2 is 1.80 bits per heavy atom. The first-order valence-electron chi connectivity index (χ1n) is 13.9. The van der Waals surface area contributed by atoms with Crippen LogP contribution in [0.15, 0.2) is 42.6 Å². The number of halogens is 1. The first-order chi connectivity index (χ1) is 19.4. The molecular formula is C30H31FN6O3. The largest absolute Gasteiger partial charge is 0.508 e. The normalized spacial score (nSPS) is 21.4. The van der Waals surface area contributed by atoms with E-state index in [1.807, 2.05) is 24.3 Å². The summed E-state index contributed by atoms with van der Waals surface area (Å²) in [6, 6.07) is 11.6. The van der Waals surface area contributed by atoms with E-state index in [0.717, 1.165) is 36.7 Å². The van der Waals surface area contributed by atoms with Crippen LogP contribution in [0.25, 0.3) is 32.9 Å². The molecule has 5 heterocycles. The van der Waals surface area contributed by atoms with Gasteiger partial charge in [0.05, 0.1) is 5.39 Å². The van der Waals surface area contributed by atoms with Gasteiger partial charge >= 0.3 is 6.01 Å². The summed E-state index contributed by atoms with van der Waals surface area (Å²) < 4.78 is 22.7. The van der Waals surface area contributed by atoms with Crippen LogP contribution in [0.5, 0.6) is 11.8 Å². The van der Waals surface area contributed by atoms with Crippen molar-refractivity contribution in [1.29, 1.82) is 0 Å². The highest BCUT2D eigenvalue weighted by molar-refractivity contribution is 5.99. The molecule has 1 amide bonds. The third-order valence-electron chi connectivity index (χ3n) is 8.42. The number of fused-ring (bicyclic) bond motifs is 4. The van der Waals surface area contributed by atoms with Crippen molar-refractivity contribution in [2.24, 2.45) is 0 Å². The van der Waals surface area contributed by atoms with E-state index in [1.54, 1.807) is 24.1 Å². The Hall–Kier alpha value is -4.05. The fourth-order valence-electron chi connectivity index (χ4n) is 6.40. The Bertz CT molecular complexity index is 1610. The number of aromatic hydroxyl groups is 1. The maximum absolute atomic E-state index is 16.5. The number of phenolic OH excluding ortho intramolecular Hbond substituents is 1. The predicted molar refractivity (Wildman–Crippen MR) is 150 cm³/mol. The lowest BCUT2D eigenvalue weighted by Crippen LogP contribution is -2.51. The zero-order valence-electron chi connectivity index (χ0n) is 22.3. The third kappa shape index (κ3) is 4.46. The van der Waals surface area contributed by atoms with Crippen molar-refractivity contribution in [3.8, 4) is 23.0 Å². The summed E-state index contributed by atoms with van der Waals surface area (Å²) in [5.74, 6) is 0.137. The first kappa shape index (κ1) is 25.0. The van der Waals surface area contributed by atoms with E-state index in [-0.39, 0.29) is 35.0 Å². The summed E-state index contributed by atoms with van der Waals surface area (Å²) in [6.07, 6.45) is 4.99. The molecule has 2 aromatic carbocycles. The van der Waals surface area contributed by atoms with Crippen molar-refractivity contribution in [3.63, 3.8) is 0 Å². The quantitative estimate of drug-likeness (QED) is 0.399. The standard InChI is InChI=1S/C30H31FN6O3/c1-17(38)36-10-8-22(9-11-36)40-30-34-28-25(29(35-30)37-15-19-6-7-20(16-37)33-19)14-32-27(26(28)31)24-13-21(39)12-18-4-2-3-5-23(18)24/h2-5,12-14,19-20,22,33,39H,6-11,15-16H2,1H3/t19-,20+. The molecule has 40 heavy (non-hydrogen) atoms. The van der Waals surface area contributed by atoms with Crippen LogP contribution in [0.4, 0.5) is 10.2 Å². The summed E-state index contributed by atoms with van der Waals surface area (Å²) in [5, 5.41) is 16.1. The number of benzene rings is 2. The van der Waals surface area contributed by atoms with Gasteiger partial charge in [-0.2, -0.15) is 9.97 Å². The van der Waals surface area contributed by atoms with Crippen molar-refractivity contribution in [3.05, 3.63) is 48.4 Å². The highest BCUT2D eigenvalue weighted by Crippen LogP contribution is 2.37. The first-order valence-corrected chi connectivity index (χ1v) is 13.9. The number of carbonyl (C=O) groups excluding carboxylic acids is 1. The minimum Gasteiger partial charge on any atom is -0.508 e. The van der Waals surface area contributed by atoms with Gasteiger partial charge in [0, 0.05) is 69.8 Å². The lowest BCUT2D eigenvalue weighted by molar-refractivity contribution is -0.130. The molecule has 206 valence electrons. The van der Waals surface area contributed by atoms with E-state index < -0.39 is 5.82 Å². The number of piperidine rings is 1. The number of nitrogens with zero attached hydrogens (tertiary/aromatic N) is 5. The fraction of sp³-hybridized carbons (Fsp3) is 0.400. The number of aromatic nitrogens is 3. The molecule has 7 rings (SSSR count). The van der Waals surface area contributed by atoms with Gasteiger partial charge in [0.2, 0.25) is 5.91 Å². The van der Waals surface area contributed by atoms with Crippen molar-refractivity contribution >= 4 is 33.4 Å². The van der Waals surface area contributed by atoms with Crippen LogP contribution >= 0.6 is 0 Å². The number of pyridine rings is 1. The van der Waals surface area contributed by atoms with E-state index in [2.05, 4.69) is 20.2 Å². The van der Waals surface area contributed by atoms with Crippen LogP contribution in [-0.2, 0) is 4.79 Å². The second-order valence-corrected chi connectivity index (χ2v) is 11.1. The van der Waals surface area contributed by atoms with E-state index >= 15 is 4.39 Å². The molecule has 3 fully saturated rings.